The van der Waals surface area contributed by atoms with Gasteiger partial charge >= 0.3 is 6.18 Å². The molecule has 1 aliphatic rings. The first-order valence-electron chi connectivity index (χ1n) is 8.34. The second-order valence-corrected chi connectivity index (χ2v) is 9.03. The number of aromatic nitrogens is 1. The van der Waals surface area contributed by atoms with Gasteiger partial charge in [0.05, 0.1) is 5.56 Å². The molecule has 1 aliphatic carbocycles. The van der Waals surface area contributed by atoms with Crippen molar-refractivity contribution in [3.8, 4) is 0 Å². The molecule has 0 spiro atoms. The van der Waals surface area contributed by atoms with Gasteiger partial charge in [-0.2, -0.15) is 13.2 Å². The van der Waals surface area contributed by atoms with Crippen LogP contribution in [-0.4, -0.2) is 22.3 Å². The Labute approximate surface area is 146 Å². The van der Waals surface area contributed by atoms with Crippen molar-refractivity contribution >= 4 is 17.8 Å². The van der Waals surface area contributed by atoms with Crippen molar-refractivity contribution in [1.29, 1.82) is 0 Å². The summed E-state index contributed by atoms with van der Waals surface area (Å²) in [5, 5.41) is 3.16. The lowest BCUT2D eigenvalue weighted by Crippen LogP contribution is -2.33. The van der Waals surface area contributed by atoms with Crippen LogP contribution in [0.15, 0.2) is 18.3 Å². The maximum absolute atomic E-state index is 12.5. The zero-order valence-electron chi connectivity index (χ0n) is 14.4. The van der Waals surface area contributed by atoms with E-state index < -0.39 is 11.7 Å². The fourth-order valence-electron chi connectivity index (χ4n) is 2.66. The molecule has 0 aromatic carbocycles. The summed E-state index contributed by atoms with van der Waals surface area (Å²) in [6.07, 6.45) is 1.06. The smallest absolute Gasteiger partial charge is 0.370 e. The fraction of sp³-hybridized carbons (Fsp3) is 0.706. The van der Waals surface area contributed by atoms with Crippen molar-refractivity contribution in [3.63, 3.8) is 0 Å². The van der Waals surface area contributed by atoms with Crippen LogP contribution >= 0.6 is 11.9 Å². The molecule has 0 bridgehead atoms. The molecule has 1 fully saturated rings. The van der Waals surface area contributed by atoms with Gasteiger partial charge in [-0.3, -0.25) is 4.72 Å². The van der Waals surface area contributed by atoms with Gasteiger partial charge < -0.3 is 5.32 Å². The van der Waals surface area contributed by atoms with Crippen LogP contribution in [0, 0.1) is 5.92 Å². The highest BCUT2D eigenvalue weighted by atomic mass is 32.2. The molecule has 2 N–H and O–H groups in total. The van der Waals surface area contributed by atoms with Gasteiger partial charge in [0.2, 0.25) is 0 Å². The van der Waals surface area contributed by atoms with Crippen molar-refractivity contribution in [2.45, 2.75) is 63.4 Å². The van der Waals surface area contributed by atoms with Gasteiger partial charge in [-0.25, -0.2) is 4.98 Å². The Bertz CT molecular complexity index is 503. The molecular weight excluding hydrogens is 335 g/mol. The van der Waals surface area contributed by atoms with E-state index in [0.29, 0.717) is 17.8 Å². The topological polar surface area (TPSA) is 37.0 Å². The summed E-state index contributed by atoms with van der Waals surface area (Å²) in [7, 11) is 0. The number of anilines is 1. The summed E-state index contributed by atoms with van der Waals surface area (Å²) < 4.78 is 41.3. The summed E-state index contributed by atoms with van der Waals surface area (Å²) in [6, 6.07) is 3.02. The Kier molecular flexibility index (Phi) is 6.42. The molecule has 24 heavy (non-hydrogen) atoms. The molecule has 0 radical (unpaired) electrons. The van der Waals surface area contributed by atoms with Crippen LogP contribution < -0.4 is 10.0 Å². The molecule has 136 valence electrons. The van der Waals surface area contributed by atoms with Crippen LogP contribution in [-0.2, 0) is 6.18 Å². The van der Waals surface area contributed by atoms with E-state index in [4.69, 9.17) is 0 Å². The lowest BCUT2D eigenvalue weighted by molar-refractivity contribution is -0.137. The fourth-order valence-corrected chi connectivity index (χ4v) is 3.42. The average molecular weight is 361 g/mol. The quantitative estimate of drug-likeness (QED) is 0.715. The van der Waals surface area contributed by atoms with E-state index in [0.717, 1.165) is 44.5 Å². The molecule has 1 heterocycles. The maximum Gasteiger partial charge on any atom is 0.417 e. The Morgan fingerprint density at radius 1 is 1.12 bits per heavy atom. The number of hydrogen-bond acceptors (Lipinski definition) is 4. The van der Waals surface area contributed by atoms with E-state index in [1.165, 1.54) is 6.07 Å². The van der Waals surface area contributed by atoms with Crippen LogP contribution in [0.5, 0.6) is 0 Å². The first-order chi connectivity index (χ1) is 11.1. The minimum atomic E-state index is -4.33. The van der Waals surface area contributed by atoms with E-state index in [9.17, 15) is 13.2 Å². The van der Waals surface area contributed by atoms with Crippen LogP contribution in [0.2, 0.25) is 0 Å². The highest BCUT2D eigenvalue weighted by Gasteiger charge is 2.30. The lowest BCUT2D eigenvalue weighted by Gasteiger charge is -2.31. The third-order valence-electron chi connectivity index (χ3n) is 4.04. The number of nitrogens with zero attached hydrogens (tertiary/aromatic N) is 1. The van der Waals surface area contributed by atoms with Crippen LogP contribution in [0.25, 0.3) is 0 Å². The zero-order chi connectivity index (χ0) is 17.8. The summed E-state index contributed by atoms with van der Waals surface area (Å²) >= 11 is 1.79. The molecule has 1 aromatic heterocycles. The lowest BCUT2D eigenvalue weighted by atomic mass is 9.86. The summed E-state index contributed by atoms with van der Waals surface area (Å²) in [5.74, 6) is 1.05. The monoisotopic (exact) mass is 361 g/mol. The number of nitrogens with one attached hydrogen (secondary N) is 2. The molecule has 3 nitrogen and oxygen atoms in total. The van der Waals surface area contributed by atoms with E-state index >= 15 is 0 Å². The van der Waals surface area contributed by atoms with Gasteiger partial charge in [-0.15, -0.1) is 0 Å². The Balaban J connectivity index is 1.71. The molecule has 7 heteroatoms. The third kappa shape index (κ3) is 6.51. The maximum atomic E-state index is 12.5. The Hall–Kier alpha value is -0.950. The molecular formula is C17H26F3N3S. The number of hydrogen-bond donors (Lipinski definition) is 2. The Morgan fingerprint density at radius 2 is 1.79 bits per heavy atom. The second kappa shape index (κ2) is 7.95. The van der Waals surface area contributed by atoms with Gasteiger partial charge in [0.1, 0.15) is 5.82 Å². The highest BCUT2D eigenvalue weighted by Crippen LogP contribution is 2.30. The molecule has 0 saturated heterocycles. The first-order valence-corrected chi connectivity index (χ1v) is 9.16. The van der Waals surface area contributed by atoms with Gasteiger partial charge in [0.25, 0.3) is 0 Å². The minimum Gasteiger partial charge on any atom is -0.370 e. The van der Waals surface area contributed by atoms with Gasteiger partial charge in [0.15, 0.2) is 0 Å². The van der Waals surface area contributed by atoms with Crippen molar-refractivity contribution < 1.29 is 13.2 Å². The van der Waals surface area contributed by atoms with E-state index in [-0.39, 0.29) is 4.75 Å². The standard InChI is InChI=1S/C17H26F3N3S/c1-16(2,3)24-23-14-7-4-12(5-8-14)10-21-15-9-6-13(11-22-15)17(18,19)20/h6,9,11-12,14,23H,4-5,7-8,10H2,1-3H3,(H,21,22)/t12-,14-. The second-order valence-electron chi connectivity index (χ2n) is 7.36. The summed E-state index contributed by atoms with van der Waals surface area (Å²) in [4.78, 5) is 3.85. The molecule has 0 aliphatic heterocycles. The van der Waals surface area contributed by atoms with Crippen molar-refractivity contribution in [1.82, 2.24) is 9.71 Å². The summed E-state index contributed by atoms with van der Waals surface area (Å²) in [6.45, 7) is 7.34. The molecule has 1 aromatic rings. The normalized spacial score (nSPS) is 22.4. The van der Waals surface area contributed by atoms with Gasteiger partial charge in [-0.05, 0) is 64.5 Å². The highest BCUT2D eigenvalue weighted by molar-refractivity contribution is 7.98. The Morgan fingerprint density at radius 3 is 2.29 bits per heavy atom. The third-order valence-corrected chi connectivity index (χ3v) is 5.10. The minimum absolute atomic E-state index is 0.215. The van der Waals surface area contributed by atoms with Gasteiger partial charge in [-0.1, -0.05) is 11.9 Å². The number of pyridine rings is 1. The molecule has 1 saturated carbocycles. The SMILES string of the molecule is CC(C)(C)SN[C@H]1CC[C@H](CNc2ccc(C(F)(F)F)cn2)CC1. The average Bonchev–Trinajstić information content (AvgIpc) is 2.51. The van der Waals surface area contributed by atoms with E-state index in [1.807, 2.05) is 0 Å². The van der Waals surface area contributed by atoms with Crippen LogP contribution in [0.1, 0.15) is 52.0 Å². The number of rotatable bonds is 5. The number of halogens is 3. The van der Waals surface area contributed by atoms with Crippen LogP contribution in [0.3, 0.4) is 0 Å². The zero-order valence-corrected chi connectivity index (χ0v) is 15.2. The van der Waals surface area contributed by atoms with E-state index in [2.05, 4.69) is 35.8 Å². The van der Waals surface area contributed by atoms with Crippen molar-refractivity contribution in [2.75, 3.05) is 11.9 Å². The van der Waals surface area contributed by atoms with E-state index in [1.54, 1.807) is 11.9 Å². The number of alkyl halides is 3. The summed E-state index contributed by atoms with van der Waals surface area (Å²) in [5.41, 5.74) is -0.712. The largest absolute Gasteiger partial charge is 0.417 e. The van der Waals surface area contributed by atoms with Crippen LogP contribution in [0.4, 0.5) is 19.0 Å². The van der Waals surface area contributed by atoms with Crippen molar-refractivity contribution in [3.05, 3.63) is 23.9 Å². The molecule has 0 atom stereocenters. The van der Waals surface area contributed by atoms with Crippen molar-refractivity contribution in [2.24, 2.45) is 5.92 Å². The van der Waals surface area contributed by atoms with Gasteiger partial charge in [0, 0.05) is 23.5 Å². The predicted molar refractivity (Wildman–Crippen MR) is 94.0 cm³/mol. The molecule has 0 amide bonds. The predicted octanol–water partition coefficient (Wildman–Crippen LogP) is 5.11. The molecule has 2 rings (SSSR count). The molecule has 0 unspecified atom stereocenters. The first kappa shape index (κ1) is 19.4.